The van der Waals surface area contributed by atoms with Crippen molar-refractivity contribution in [2.24, 2.45) is 0 Å². The van der Waals surface area contributed by atoms with E-state index in [1.54, 1.807) is 42.3 Å². The van der Waals surface area contributed by atoms with Gasteiger partial charge in [-0.05, 0) is 55.0 Å². The average Bonchev–Trinajstić information content (AvgIpc) is 3.39. The molecule has 1 aliphatic rings. The number of aromatic nitrogens is 2. The van der Waals surface area contributed by atoms with Crippen LogP contribution in [0.25, 0.3) is 17.0 Å². The predicted octanol–water partition coefficient (Wildman–Crippen LogP) is 5.60. The molecule has 2 amide bonds. The molecule has 9 heteroatoms. The zero-order chi connectivity index (χ0) is 25.2. The second-order valence-corrected chi connectivity index (χ2v) is 8.10. The number of carbonyl (C=O) groups excluding carboxylic acids is 1. The second-order valence-electron chi connectivity index (χ2n) is 8.10. The first kappa shape index (κ1) is 23.1. The molecule has 0 spiro atoms. The average molecular weight is 487 g/mol. The number of nitrogens with one attached hydrogen (secondary N) is 1. The lowest BCUT2D eigenvalue weighted by Crippen LogP contribution is -2.46. The van der Waals surface area contributed by atoms with Crippen molar-refractivity contribution in [3.63, 3.8) is 0 Å². The number of urea groups is 1. The Bertz CT molecular complexity index is 1430. The molecule has 1 atom stereocenters. The predicted molar refractivity (Wildman–Crippen MR) is 132 cm³/mol. The molecule has 0 saturated heterocycles. The molecule has 1 unspecified atom stereocenters. The molecule has 0 saturated carbocycles. The van der Waals surface area contributed by atoms with Crippen LogP contribution >= 0.6 is 0 Å². The van der Waals surface area contributed by atoms with Gasteiger partial charge in [-0.3, -0.25) is 4.90 Å². The molecular formula is C27H23FN4O4. The van der Waals surface area contributed by atoms with Gasteiger partial charge in [-0.25, -0.2) is 9.18 Å². The van der Waals surface area contributed by atoms with Crippen LogP contribution in [-0.4, -0.2) is 30.4 Å². The lowest BCUT2D eigenvalue weighted by molar-refractivity contribution is 0.244. The highest BCUT2D eigenvalue weighted by molar-refractivity contribution is 6.01. The minimum Gasteiger partial charge on any atom is -0.497 e. The third-order valence-electron chi connectivity index (χ3n) is 6.01. The first-order valence-corrected chi connectivity index (χ1v) is 11.2. The van der Waals surface area contributed by atoms with Gasteiger partial charge in [-0.1, -0.05) is 35.5 Å². The summed E-state index contributed by atoms with van der Waals surface area (Å²) in [6.07, 6.45) is 0. The number of hydrogen-bond donors (Lipinski definition) is 1. The molecular weight excluding hydrogens is 463 g/mol. The molecule has 2 heterocycles. The molecule has 0 bridgehead atoms. The SMILES string of the molecule is COc1ccc(N2C(=O)NC(c3ccccc3)C(c3nc(-c4ccc(OC)c(F)c4)no3)=C2C)cc1. The Labute approximate surface area is 207 Å². The van der Waals surface area contributed by atoms with Crippen LogP contribution in [0.5, 0.6) is 11.5 Å². The van der Waals surface area contributed by atoms with E-state index in [2.05, 4.69) is 15.5 Å². The maximum atomic E-state index is 14.3. The monoisotopic (exact) mass is 486 g/mol. The van der Waals surface area contributed by atoms with Crippen molar-refractivity contribution in [3.05, 3.63) is 95.8 Å². The third-order valence-corrected chi connectivity index (χ3v) is 6.01. The quantitative estimate of drug-likeness (QED) is 0.382. The Hall–Kier alpha value is -4.66. The number of benzene rings is 3. The number of rotatable bonds is 6. The standard InChI is InChI=1S/C27H23FN4O4/c1-16-23(26-30-25(31-36-26)18-9-14-22(35-3)21(28)15-18)24(17-7-5-4-6-8-17)29-27(33)32(16)19-10-12-20(34-2)13-11-19/h4-15,24H,1-3H3,(H,29,33). The van der Waals surface area contributed by atoms with Crippen LogP contribution in [0.1, 0.15) is 24.4 Å². The van der Waals surface area contributed by atoms with Crippen LogP contribution < -0.4 is 19.7 Å². The Morgan fingerprint density at radius 1 is 1.00 bits per heavy atom. The van der Waals surface area contributed by atoms with E-state index in [0.29, 0.717) is 28.3 Å². The van der Waals surface area contributed by atoms with E-state index in [1.807, 2.05) is 37.3 Å². The molecule has 0 fully saturated rings. The van der Waals surface area contributed by atoms with E-state index < -0.39 is 11.9 Å². The van der Waals surface area contributed by atoms with Gasteiger partial charge >= 0.3 is 6.03 Å². The van der Waals surface area contributed by atoms with Crippen LogP contribution in [0.4, 0.5) is 14.9 Å². The van der Waals surface area contributed by atoms with Gasteiger partial charge < -0.3 is 19.3 Å². The first-order chi connectivity index (χ1) is 17.5. The third kappa shape index (κ3) is 4.15. The van der Waals surface area contributed by atoms with E-state index in [1.165, 1.54) is 19.2 Å². The number of nitrogens with zero attached hydrogens (tertiary/aromatic N) is 3. The summed E-state index contributed by atoms with van der Waals surface area (Å²) in [4.78, 5) is 19.4. The topological polar surface area (TPSA) is 89.7 Å². The maximum Gasteiger partial charge on any atom is 0.326 e. The summed E-state index contributed by atoms with van der Waals surface area (Å²) < 4.78 is 30.2. The van der Waals surface area contributed by atoms with E-state index in [9.17, 15) is 9.18 Å². The summed E-state index contributed by atoms with van der Waals surface area (Å²) >= 11 is 0. The molecule has 1 aromatic heterocycles. The molecule has 0 aliphatic carbocycles. The molecule has 3 aromatic carbocycles. The number of amides is 2. The van der Waals surface area contributed by atoms with Crippen molar-refractivity contribution in [2.75, 3.05) is 19.1 Å². The van der Waals surface area contributed by atoms with Crippen molar-refractivity contribution in [2.45, 2.75) is 13.0 Å². The van der Waals surface area contributed by atoms with Gasteiger partial charge in [-0.15, -0.1) is 0 Å². The molecule has 36 heavy (non-hydrogen) atoms. The Morgan fingerprint density at radius 3 is 2.42 bits per heavy atom. The van der Waals surface area contributed by atoms with Gasteiger partial charge in [0.25, 0.3) is 5.89 Å². The van der Waals surface area contributed by atoms with Crippen LogP contribution in [0.15, 0.2) is 83.0 Å². The van der Waals surface area contributed by atoms with Crippen molar-refractivity contribution >= 4 is 17.3 Å². The summed E-state index contributed by atoms with van der Waals surface area (Å²) in [7, 11) is 2.98. The molecule has 4 aromatic rings. The molecule has 8 nitrogen and oxygen atoms in total. The highest BCUT2D eigenvalue weighted by atomic mass is 19.1. The minimum absolute atomic E-state index is 0.121. The number of methoxy groups -OCH3 is 2. The number of halogens is 1. The van der Waals surface area contributed by atoms with Crippen molar-refractivity contribution in [1.29, 1.82) is 0 Å². The summed E-state index contributed by atoms with van der Waals surface area (Å²) in [5.74, 6) is 0.691. The molecule has 1 N–H and O–H groups in total. The van der Waals surface area contributed by atoms with E-state index >= 15 is 0 Å². The largest absolute Gasteiger partial charge is 0.497 e. The summed E-state index contributed by atoms with van der Waals surface area (Å²) in [5.41, 5.74) is 3.18. The first-order valence-electron chi connectivity index (χ1n) is 11.2. The summed E-state index contributed by atoms with van der Waals surface area (Å²) in [5, 5.41) is 7.14. The summed E-state index contributed by atoms with van der Waals surface area (Å²) in [6, 6.07) is 20.3. The van der Waals surface area contributed by atoms with Gasteiger partial charge in [0.2, 0.25) is 5.82 Å². The van der Waals surface area contributed by atoms with E-state index in [4.69, 9.17) is 14.0 Å². The fourth-order valence-electron chi connectivity index (χ4n) is 4.21. The molecule has 1 aliphatic heterocycles. The molecule has 0 radical (unpaired) electrons. The fraction of sp³-hybridized carbons (Fsp3) is 0.148. The molecule has 182 valence electrons. The van der Waals surface area contributed by atoms with Gasteiger partial charge in [0, 0.05) is 11.3 Å². The lowest BCUT2D eigenvalue weighted by atomic mass is 9.94. The number of carbonyl (C=O) groups is 1. The number of ether oxygens (including phenoxy) is 2. The number of anilines is 1. The van der Waals surface area contributed by atoms with Gasteiger partial charge in [-0.2, -0.15) is 4.98 Å². The van der Waals surface area contributed by atoms with Crippen molar-refractivity contribution < 1.29 is 23.2 Å². The smallest absolute Gasteiger partial charge is 0.326 e. The minimum atomic E-state index is -0.533. The second kappa shape index (κ2) is 9.53. The zero-order valence-electron chi connectivity index (χ0n) is 19.9. The molecule has 5 rings (SSSR count). The van der Waals surface area contributed by atoms with Gasteiger partial charge in [0.1, 0.15) is 5.75 Å². The lowest BCUT2D eigenvalue weighted by Gasteiger charge is -2.35. The van der Waals surface area contributed by atoms with Crippen molar-refractivity contribution in [3.8, 4) is 22.9 Å². The van der Waals surface area contributed by atoms with Gasteiger partial charge in [0.05, 0.1) is 31.5 Å². The zero-order valence-corrected chi connectivity index (χ0v) is 19.9. The van der Waals surface area contributed by atoms with E-state index in [-0.39, 0.29) is 23.5 Å². The Kier molecular flexibility index (Phi) is 6.12. The Morgan fingerprint density at radius 2 is 1.75 bits per heavy atom. The van der Waals surface area contributed by atoms with Crippen LogP contribution in [-0.2, 0) is 0 Å². The van der Waals surface area contributed by atoms with Crippen LogP contribution in [0, 0.1) is 5.82 Å². The van der Waals surface area contributed by atoms with Crippen LogP contribution in [0.3, 0.4) is 0 Å². The number of hydrogen-bond acceptors (Lipinski definition) is 6. The van der Waals surface area contributed by atoms with Crippen molar-refractivity contribution in [1.82, 2.24) is 15.5 Å². The highest BCUT2D eigenvalue weighted by Crippen LogP contribution is 2.39. The normalized spacial score (nSPS) is 15.6. The Balaban J connectivity index is 1.62. The van der Waals surface area contributed by atoms with Crippen LogP contribution in [0.2, 0.25) is 0 Å². The van der Waals surface area contributed by atoms with Gasteiger partial charge in [0.15, 0.2) is 11.6 Å². The summed E-state index contributed by atoms with van der Waals surface area (Å²) in [6.45, 7) is 1.82. The highest BCUT2D eigenvalue weighted by Gasteiger charge is 2.36. The number of allylic oxidation sites excluding steroid dienone is 1. The maximum absolute atomic E-state index is 14.3. The van der Waals surface area contributed by atoms with E-state index in [0.717, 1.165) is 5.56 Å². The fourth-order valence-corrected chi connectivity index (χ4v) is 4.21.